The van der Waals surface area contributed by atoms with Gasteiger partial charge in [0, 0.05) is 21.7 Å². The molecule has 0 aliphatic carbocycles. The van der Waals surface area contributed by atoms with E-state index in [4.69, 9.17) is 33.2 Å². The van der Waals surface area contributed by atoms with E-state index in [1.807, 2.05) is 6.07 Å². The molecule has 6 nitrogen and oxygen atoms in total. The number of nitrogens with zero attached hydrogens (tertiary/aromatic N) is 5. The molecule has 4 aromatic rings. The Hall–Kier alpha value is -3.21. The van der Waals surface area contributed by atoms with E-state index in [1.54, 1.807) is 24.3 Å². The van der Waals surface area contributed by atoms with Crippen LogP contribution in [0.1, 0.15) is 5.56 Å². The van der Waals surface area contributed by atoms with Crippen LogP contribution < -0.4 is 4.74 Å². The molecule has 2 aromatic heterocycles. The molecular weight excluding hydrogens is 392 g/mol. The van der Waals surface area contributed by atoms with Crippen molar-refractivity contribution in [3.63, 3.8) is 0 Å². The van der Waals surface area contributed by atoms with Gasteiger partial charge in [0.1, 0.15) is 0 Å². The molecule has 9 heteroatoms. The fourth-order valence-corrected chi connectivity index (χ4v) is 2.98. The van der Waals surface area contributed by atoms with Crippen molar-refractivity contribution in [3.05, 3.63) is 70.0 Å². The van der Waals surface area contributed by atoms with E-state index in [2.05, 4.69) is 15.3 Å². The standard InChI is InChI=1S/C18H8Cl2FN5O/c19-12-6-11(7-13(20)8-12)18-24-23-16-3-4-17(25-26(16)18)27-15-2-1-10(9-22)5-14(15)21/h1-8H. The molecular formula is C18H8Cl2FN5O. The lowest BCUT2D eigenvalue weighted by Gasteiger charge is -2.07. The first-order chi connectivity index (χ1) is 13.0. The van der Waals surface area contributed by atoms with E-state index in [0.717, 1.165) is 6.07 Å². The smallest absolute Gasteiger partial charge is 0.237 e. The van der Waals surface area contributed by atoms with Crippen molar-refractivity contribution in [2.45, 2.75) is 0 Å². The number of fused-ring (bicyclic) bond motifs is 1. The third kappa shape index (κ3) is 3.40. The molecule has 0 bridgehead atoms. The molecule has 27 heavy (non-hydrogen) atoms. The first-order valence-corrected chi connectivity index (χ1v) is 8.35. The van der Waals surface area contributed by atoms with Gasteiger partial charge in [-0.25, -0.2) is 4.39 Å². The molecule has 0 amide bonds. The average molecular weight is 400 g/mol. The molecule has 0 aliphatic heterocycles. The molecule has 4 rings (SSSR count). The van der Waals surface area contributed by atoms with Crippen LogP contribution >= 0.6 is 23.2 Å². The number of hydrogen-bond acceptors (Lipinski definition) is 5. The van der Waals surface area contributed by atoms with Gasteiger partial charge in [-0.15, -0.1) is 15.3 Å². The third-order valence-electron chi connectivity index (χ3n) is 3.63. The lowest BCUT2D eigenvalue weighted by molar-refractivity contribution is 0.420. The van der Waals surface area contributed by atoms with Gasteiger partial charge in [0.2, 0.25) is 5.88 Å². The summed E-state index contributed by atoms with van der Waals surface area (Å²) >= 11 is 12.1. The van der Waals surface area contributed by atoms with E-state index >= 15 is 0 Å². The molecule has 0 N–H and O–H groups in total. The highest BCUT2D eigenvalue weighted by Crippen LogP contribution is 2.28. The zero-order valence-corrected chi connectivity index (χ0v) is 14.9. The summed E-state index contributed by atoms with van der Waals surface area (Å²) in [6, 6.07) is 13.9. The summed E-state index contributed by atoms with van der Waals surface area (Å²) in [6.45, 7) is 0. The van der Waals surface area contributed by atoms with Gasteiger partial charge >= 0.3 is 0 Å². The first-order valence-electron chi connectivity index (χ1n) is 7.60. The van der Waals surface area contributed by atoms with Crippen LogP contribution in [0.4, 0.5) is 4.39 Å². The predicted molar refractivity (Wildman–Crippen MR) is 97.4 cm³/mol. The van der Waals surface area contributed by atoms with Crippen LogP contribution in [0.25, 0.3) is 17.0 Å². The number of nitriles is 1. The highest BCUT2D eigenvalue weighted by molar-refractivity contribution is 6.35. The normalized spacial score (nSPS) is 10.7. The number of halogens is 3. The zero-order chi connectivity index (χ0) is 19.0. The van der Waals surface area contributed by atoms with Gasteiger partial charge in [0.25, 0.3) is 0 Å². The van der Waals surface area contributed by atoms with Crippen molar-refractivity contribution >= 4 is 28.8 Å². The lowest BCUT2D eigenvalue weighted by atomic mass is 10.2. The molecule has 132 valence electrons. The SMILES string of the molecule is N#Cc1ccc(Oc2ccc3nnc(-c4cc(Cl)cc(Cl)c4)n3n2)c(F)c1. The fraction of sp³-hybridized carbons (Fsp3) is 0. The Bertz CT molecular complexity index is 1200. The second kappa shape index (κ2) is 6.83. The molecule has 0 saturated carbocycles. The van der Waals surface area contributed by atoms with E-state index in [-0.39, 0.29) is 17.2 Å². The van der Waals surface area contributed by atoms with Gasteiger partial charge in [-0.2, -0.15) is 9.78 Å². The largest absolute Gasteiger partial charge is 0.434 e. The second-order valence-corrected chi connectivity index (χ2v) is 6.36. The average Bonchev–Trinajstić information content (AvgIpc) is 3.06. The van der Waals surface area contributed by atoms with Crippen molar-refractivity contribution < 1.29 is 9.13 Å². The molecule has 2 aromatic carbocycles. The molecule has 0 saturated heterocycles. The Morgan fingerprint density at radius 3 is 2.48 bits per heavy atom. The van der Waals surface area contributed by atoms with Crippen molar-refractivity contribution in [3.8, 4) is 29.1 Å². The van der Waals surface area contributed by atoms with Crippen LogP contribution in [0.5, 0.6) is 11.6 Å². The van der Waals surface area contributed by atoms with Crippen LogP contribution in [0.2, 0.25) is 10.0 Å². The highest BCUT2D eigenvalue weighted by atomic mass is 35.5. The monoisotopic (exact) mass is 399 g/mol. The summed E-state index contributed by atoms with van der Waals surface area (Å²) in [5.74, 6) is -0.191. The molecule has 2 heterocycles. The van der Waals surface area contributed by atoms with Gasteiger partial charge in [-0.3, -0.25) is 0 Å². The highest BCUT2D eigenvalue weighted by Gasteiger charge is 2.13. The summed E-state index contributed by atoms with van der Waals surface area (Å²) in [7, 11) is 0. The summed E-state index contributed by atoms with van der Waals surface area (Å²) in [5.41, 5.74) is 1.28. The maximum atomic E-state index is 14.0. The topological polar surface area (TPSA) is 76.1 Å². The molecule has 0 spiro atoms. The van der Waals surface area contributed by atoms with Gasteiger partial charge in [0.05, 0.1) is 11.6 Å². The van der Waals surface area contributed by atoms with Crippen LogP contribution in [-0.2, 0) is 0 Å². The van der Waals surface area contributed by atoms with Gasteiger partial charge in [-0.05, 0) is 42.5 Å². The molecule has 0 unspecified atom stereocenters. The molecule has 0 atom stereocenters. The Morgan fingerprint density at radius 2 is 1.78 bits per heavy atom. The van der Waals surface area contributed by atoms with Crippen molar-refractivity contribution in [2.75, 3.05) is 0 Å². The van der Waals surface area contributed by atoms with Crippen LogP contribution in [0.3, 0.4) is 0 Å². The number of benzene rings is 2. The van der Waals surface area contributed by atoms with Crippen molar-refractivity contribution in [2.24, 2.45) is 0 Å². The molecule has 0 radical (unpaired) electrons. The minimum atomic E-state index is -0.665. The van der Waals surface area contributed by atoms with E-state index in [1.165, 1.54) is 22.7 Å². The third-order valence-corrected chi connectivity index (χ3v) is 4.07. The van der Waals surface area contributed by atoms with Gasteiger partial charge in [0.15, 0.2) is 23.0 Å². The van der Waals surface area contributed by atoms with Crippen LogP contribution in [0, 0.1) is 17.1 Å². The summed E-state index contributed by atoms with van der Waals surface area (Å²) < 4.78 is 21.0. The number of aromatic nitrogens is 4. The summed E-state index contributed by atoms with van der Waals surface area (Å²) in [5, 5.41) is 22.1. The van der Waals surface area contributed by atoms with Crippen LogP contribution in [-0.4, -0.2) is 19.8 Å². The lowest BCUT2D eigenvalue weighted by Crippen LogP contribution is -1.99. The van der Waals surface area contributed by atoms with E-state index in [0.29, 0.717) is 27.1 Å². The zero-order valence-electron chi connectivity index (χ0n) is 13.4. The maximum absolute atomic E-state index is 14.0. The quantitative estimate of drug-likeness (QED) is 0.489. The summed E-state index contributed by atoms with van der Waals surface area (Å²) in [6.07, 6.45) is 0. The van der Waals surface area contributed by atoms with E-state index < -0.39 is 5.82 Å². The minimum Gasteiger partial charge on any atom is -0.434 e. The van der Waals surface area contributed by atoms with E-state index in [9.17, 15) is 4.39 Å². The molecule has 0 fully saturated rings. The minimum absolute atomic E-state index is 0.0544. The Balaban J connectivity index is 1.75. The number of ether oxygens (including phenoxy) is 1. The molecule has 0 aliphatic rings. The number of rotatable bonds is 3. The Morgan fingerprint density at radius 1 is 1.00 bits per heavy atom. The Kier molecular flexibility index (Phi) is 4.36. The Labute approximate surface area is 162 Å². The fourth-order valence-electron chi connectivity index (χ4n) is 2.46. The second-order valence-electron chi connectivity index (χ2n) is 5.48. The van der Waals surface area contributed by atoms with Crippen LogP contribution in [0.15, 0.2) is 48.5 Å². The number of hydrogen-bond donors (Lipinski definition) is 0. The maximum Gasteiger partial charge on any atom is 0.237 e. The van der Waals surface area contributed by atoms with Crippen molar-refractivity contribution in [1.29, 1.82) is 5.26 Å². The summed E-state index contributed by atoms with van der Waals surface area (Å²) in [4.78, 5) is 0. The van der Waals surface area contributed by atoms with Gasteiger partial charge in [-0.1, -0.05) is 23.2 Å². The van der Waals surface area contributed by atoms with Gasteiger partial charge < -0.3 is 4.74 Å². The first kappa shape index (κ1) is 17.2. The predicted octanol–water partition coefficient (Wildman–Crippen LogP) is 4.90. The van der Waals surface area contributed by atoms with Crippen molar-refractivity contribution in [1.82, 2.24) is 19.8 Å².